The zero-order valence-electron chi connectivity index (χ0n) is 10.3. The fraction of sp³-hybridized carbons (Fsp3) is 0.364. The molecule has 0 atom stereocenters. The number of carbonyl (C=O) groups excluding carboxylic acids is 1. The summed E-state index contributed by atoms with van der Waals surface area (Å²) in [6.07, 6.45) is 0. The second-order valence-electron chi connectivity index (χ2n) is 3.47. The van der Waals surface area contributed by atoms with Gasteiger partial charge in [0, 0.05) is 17.5 Å². The fourth-order valence-corrected chi connectivity index (χ4v) is 1.92. The van der Waals surface area contributed by atoms with E-state index >= 15 is 0 Å². The quantitative estimate of drug-likeness (QED) is 0.339. The molecule has 20 heavy (non-hydrogen) atoms. The summed E-state index contributed by atoms with van der Waals surface area (Å²) in [7, 11) is 0. The maximum absolute atomic E-state index is 12.3. The van der Waals surface area contributed by atoms with Crippen molar-refractivity contribution in [3.63, 3.8) is 0 Å². The summed E-state index contributed by atoms with van der Waals surface area (Å²) in [4.78, 5) is 21.7. The van der Waals surface area contributed by atoms with Crippen LogP contribution in [0.5, 0.6) is 5.75 Å². The van der Waals surface area contributed by atoms with Crippen molar-refractivity contribution in [2.24, 2.45) is 0 Å². The highest BCUT2D eigenvalue weighted by molar-refractivity contribution is 9.08. The minimum Gasteiger partial charge on any atom is -0.462 e. The first kappa shape index (κ1) is 16.3. The number of esters is 1. The highest BCUT2D eigenvalue weighted by Crippen LogP contribution is 2.33. The van der Waals surface area contributed by atoms with E-state index in [0.717, 1.165) is 12.1 Å². The lowest BCUT2D eigenvalue weighted by Crippen LogP contribution is -2.11. The van der Waals surface area contributed by atoms with Gasteiger partial charge < -0.3 is 9.47 Å². The van der Waals surface area contributed by atoms with E-state index in [0.29, 0.717) is 0 Å². The van der Waals surface area contributed by atoms with E-state index in [1.807, 2.05) is 0 Å². The lowest BCUT2D eigenvalue weighted by molar-refractivity contribution is -0.386. The van der Waals surface area contributed by atoms with Crippen LogP contribution < -0.4 is 4.74 Å². The summed E-state index contributed by atoms with van der Waals surface area (Å²) < 4.78 is 33.3. The van der Waals surface area contributed by atoms with Crippen molar-refractivity contribution in [2.45, 2.75) is 18.9 Å². The maximum atomic E-state index is 12.3. The number of carbonyl (C=O) groups is 1. The Hall–Kier alpha value is -1.77. The van der Waals surface area contributed by atoms with Gasteiger partial charge in [-0.1, -0.05) is 15.9 Å². The van der Waals surface area contributed by atoms with Crippen LogP contribution in [0.1, 0.15) is 22.8 Å². The van der Waals surface area contributed by atoms with Crippen LogP contribution in [0.4, 0.5) is 14.5 Å². The summed E-state index contributed by atoms with van der Waals surface area (Å²) in [6, 6.07) is 1.89. The van der Waals surface area contributed by atoms with Crippen LogP contribution in [0.3, 0.4) is 0 Å². The van der Waals surface area contributed by atoms with Gasteiger partial charge in [-0.25, -0.2) is 4.79 Å². The Bertz CT molecular complexity index is 524. The predicted molar refractivity (Wildman–Crippen MR) is 68.3 cm³/mol. The number of halogens is 3. The van der Waals surface area contributed by atoms with Gasteiger partial charge in [-0.15, -0.1) is 0 Å². The number of rotatable bonds is 6. The average molecular weight is 354 g/mol. The smallest absolute Gasteiger partial charge is 0.387 e. The summed E-state index contributed by atoms with van der Waals surface area (Å²) in [5.74, 6) is -1.45. The van der Waals surface area contributed by atoms with Crippen molar-refractivity contribution in [2.75, 3.05) is 6.61 Å². The van der Waals surface area contributed by atoms with Crippen molar-refractivity contribution in [1.82, 2.24) is 0 Å². The summed E-state index contributed by atoms with van der Waals surface area (Å²) in [6.45, 7) is -1.57. The molecule has 0 spiro atoms. The van der Waals surface area contributed by atoms with Gasteiger partial charge in [0.15, 0.2) is 0 Å². The van der Waals surface area contributed by atoms with Crippen LogP contribution in [-0.2, 0) is 10.1 Å². The van der Waals surface area contributed by atoms with Gasteiger partial charge in [0.1, 0.15) is 0 Å². The molecule has 110 valence electrons. The van der Waals surface area contributed by atoms with E-state index in [4.69, 9.17) is 4.74 Å². The van der Waals surface area contributed by atoms with Crippen molar-refractivity contribution in [3.05, 3.63) is 33.4 Å². The number of ether oxygens (including phenoxy) is 2. The third kappa shape index (κ3) is 3.86. The normalized spacial score (nSPS) is 10.4. The van der Waals surface area contributed by atoms with E-state index in [9.17, 15) is 23.7 Å². The van der Waals surface area contributed by atoms with Gasteiger partial charge in [-0.2, -0.15) is 8.78 Å². The SMILES string of the molecule is CCOC(=O)c1cc(OC(F)F)c([N+](=O)[O-])cc1CBr. The molecule has 0 aromatic heterocycles. The Morgan fingerprint density at radius 1 is 1.50 bits per heavy atom. The molecule has 0 heterocycles. The monoisotopic (exact) mass is 353 g/mol. The van der Waals surface area contributed by atoms with E-state index in [2.05, 4.69) is 20.7 Å². The molecule has 0 radical (unpaired) electrons. The Morgan fingerprint density at radius 2 is 2.15 bits per heavy atom. The number of nitrogens with zero attached hydrogens (tertiary/aromatic N) is 1. The molecule has 0 aliphatic carbocycles. The van der Waals surface area contributed by atoms with E-state index < -0.39 is 28.9 Å². The highest BCUT2D eigenvalue weighted by Gasteiger charge is 2.24. The maximum Gasteiger partial charge on any atom is 0.387 e. The van der Waals surface area contributed by atoms with Crippen LogP contribution in [0.2, 0.25) is 0 Å². The second-order valence-corrected chi connectivity index (χ2v) is 4.03. The molecule has 0 unspecified atom stereocenters. The van der Waals surface area contributed by atoms with Crippen molar-refractivity contribution >= 4 is 27.6 Å². The number of benzene rings is 1. The number of hydrogen-bond acceptors (Lipinski definition) is 5. The minimum absolute atomic E-state index is 0.0648. The molecule has 0 fully saturated rings. The molecule has 0 N–H and O–H groups in total. The molecule has 9 heteroatoms. The molecule has 0 saturated carbocycles. The van der Waals surface area contributed by atoms with Gasteiger partial charge in [-0.3, -0.25) is 10.1 Å². The van der Waals surface area contributed by atoms with Crippen LogP contribution >= 0.6 is 15.9 Å². The lowest BCUT2D eigenvalue weighted by atomic mass is 10.1. The lowest BCUT2D eigenvalue weighted by Gasteiger charge is -2.11. The molecule has 0 aliphatic rings. The number of hydrogen-bond donors (Lipinski definition) is 0. The summed E-state index contributed by atoms with van der Waals surface area (Å²) in [5, 5.41) is 10.9. The molecule has 0 aliphatic heterocycles. The third-order valence-electron chi connectivity index (χ3n) is 2.24. The highest BCUT2D eigenvalue weighted by atomic mass is 79.9. The van der Waals surface area contributed by atoms with Gasteiger partial charge in [-0.05, 0) is 12.5 Å². The summed E-state index contributed by atoms with van der Waals surface area (Å²) in [5.41, 5.74) is -0.463. The summed E-state index contributed by atoms with van der Waals surface area (Å²) >= 11 is 3.07. The van der Waals surface area contributed by atoms with Crippen molar-refractivity contribution in [1.29, 1.82) is 0 Å². The number of alkyl halides is 3. The molecule has 0 bridgehead atoms. The van der Waals surface area contributed by atoms with Crippen LogP contribution in [0.25, 0.3) is 0 Å². The molecule has 1 aromatic carbocycles. The van der Waals surface area contributed by atoms with Gasteiger partial charge in [0.2, 0.25) is 5.75 Å². The topological polar surface area (TPSA) is 78.7 Å². The Morgan fingerprint density at radius 3 is 2.60 bits per heavy atom. The first-order chi connectivity index (χ1) is 9.40. The van der Waals surface area contributed by atoms with E-state index in [1.54, 1.807) is 6.92 Å². The fourth-order valence-electron chi connectivity index (χ4n) is 1.45. The van der Waals surface area contributed by atoms with Gasteiger partial charge in [0.05, 0.1) is 17.1 Å². The molecule has 1 rings (SSSR count). The minimum atomic E-state index is -3.24. The Balaban J connectivity index is 3.37. The molecular weight excluding hydrogens is 344 g/mol. The second kappa shape index (κ2) is 7.13. The third-order valence-corrected chi connectivity index (χ3v) is 2.84. The molecule has 1 aromatic rings. The van der Waals surface area contributed by atoms with E-state index in [1.165, 1.54) is 0 Å². The molecule has 0 amide bonds. The van der Waals surface area contributed by atoms with Gasteiger partial charge in [0.25, 0.3) is 0 Å². The Labute approximate surface area is 120 Å². The van der Waals surface area contributed by atoms with Crippen LogP contribution in [0, 0.1) is 10.1 Å². The largest absolute Gasteiger partial charge is 0.462 e. The van der Waals surface area contributed by atoms with Crippen LogP contribution in [-0.4, -0.2) is 24.1 Å². The number of nitro benzene ring substituents is 1. The first-order valence-corrected chi connectivity index (χ1v) is 6.52. The number of nitro groups is 1. The van der Waals surface area contributed by atoms with Gasteiger partial charge >= 0.3 is 18.3 Å². The van der Waals surface area contributed by atoms with Crippen LogP contribution in [0.15, 0.2) is 12.1 Å². The standard InChI is InChI=1S/C11H10BrF2NO5/c1-2-19-10(16)7-4-9(20-11(13)14)8(15(17)18)3-6(7)5-12/h3-4,11H,2,5H2,1H3. The molecule has 0 saturated heterocycles. The zero-order valence-corrected chi connectivity index (χ0v) is 11.9. The van der Waals surface area contributed by atoms with Crippen molar-refractivity contribution < 1.29 is 28.0 Å². The average Bonchev–Trinajstić information content (AvgIpc) is 2.37. The first-order valence-electron chi connectivity index (χ1n) is 5.39. The predicted octanol–water partition coefficient (Wildman–Crippen LogP) is 3.27. The van der Waals surface area contributed by atoms with Crippen molar-refractivity contribution in [3.8, 4) is 5.75 Å². The Kier molecular flexibility index (Phi) is 5.81. The molecule has 6 nitrogen and oxygen atoms in total. The molecular formula is C11H10BrF2NO5. The zero-order chi connectivity index (χ0) is 15.3. The van der Waals surface area contributed by atoms with E-state index in [-0.39, 0.29) is 23.1 Å².